The number of carbonyl (C=O) groups excluding carboxylic acids is 1. The second kappa shape index (κ2) is 10.9. The van der Waals surface area contributed by atoms with Gasteiger partial charge >= 0.3 is 0 Å². The van der Waals surface area contributed by atoms with E-state index in [1.54, 1.807) is 12.1 Å². The van der Waals surface area contributed by atoms with Gasteiger partial charge in [0.25, 0.3) is 11.5 Å². The molecule has 3 aromatic rings. The molecular formula is C24H23FN4O3S2. The Morgan fingerprint density at radius 1 is 1.29 bits per heavy atom. The van der Waals surface area contributed by atoms with Crippen molar-refractivity contribution in [3.63, 3.8) is 0 Å². The van der Waals surface area contributed by atoms with Crippen LogP contribution in [-0.4, -0.2) is 54.8 Å². The number of para-hydroxylation sites is 1. The lowest BCUT2D eigenvalue weighted by Gasteiger charge is -2.26. The Kier molecular flexibility index (Phi) is 7.70. The zero-order chi connectivity index (χ0) is 24.1. The Bertz CT molecular complexity index is 1410. The normalized spacial score (nSPS) is 15.7. The number of thiophene rings is 1. The van der Waals surface area contributed by atoms with Crippen molar-refractivity contribution in [3.05, 3.63) is 71.5 Å². The van der Waals surface area contributed by atoms with E-state index >= 15 is 0 Å². The number of rotatable bonds is 6. The molecule has 34 heavy (non-hydrogen) atoms. The molecule has 176 valence electrons. The van der Waals surface area contributed by atoms with Gasteiger partial charge in [-0.3, -0.25) is 19.1 Å². The minimum atomic E-state index is -0.618. The van der Waals surface area contributed by atoms with Crippen molar-refractivity contribution in [1.82, 2.24) is 14.8 Å². The maximum atomic E-state index is 14.7. The van der Waals surface area contributed by atoms with E-state index in [1.165, 1.54) is 29.5 Å². The van der Waals surface area contributed by atoms with E-state index < -0.39 is 17.3 Å². The Balaban J connectivity index is 1.78. The molecule has 1 aromatic carbocycles. The molecule has 0 radical (unpaired) electrons. The third-order valence-electron chi connectivity index (χ3n) is 5.45. The molecule has 4 rings (SSSR count). The van der Waals surface area contributed by atoms with Crippen LogP contribution in [0.25, 0.3) is 17.3 Å². The number of aromatic nitrogens is 1. The van der Waals surface area contributed by atoms with Crippen LogP contribution in [0.1, 0.15) is 10.4 Å². The van der Waals surface area contributed by atoms with Crippen molar-refractivity contribution >= 4 is 40.2 Å². The number of morpholine rings is 1. The molecular weight excluding hydrogens is 475 g/mol. The van der Waals surface area contributed by atoms with Crippen molar-refractivity contribution in [2.75, 3.05) is 39.4 Å². The number of carbonyl (C=O) groups is 1. The molecule has 1 fully saturated rings. The Morgan fingerprint density at radius 3 is 2.74 bits per heavy atom. The van der Waals surface area contributed by atoms with Gasteiger partial charge in [-0.15, -0.1) is 22.7 Å². The first kappa shape index (κ1) is 24.0. The molecule has 0 bridgehead atoms. The predicted octanol–water partition coefficient (Wildman–Crippen LogP) is 1.36. The number of hydrogen-bond acceptors (Lipinski definition) is 7. The quantitative estimate of drug-likeness (QED) is 0.555. The number of nitrogens with zero attached hydrogens (tertiary/aromatic N) is 3. The first-order chi connectivity index (χ1) is 16.5. The van der Waals surface area contributed by atoms with Crippen LogP contribution in [0.15, 0.2) is 40.5 Å². The number of amides is 1. The van der Waals surface area contributed by atoms with Gasteiger partial charge in [-0.25, -0.2) is 4.39 Å². The van der Waals surface area contributed by atoms with Gasteiger partial charge in [0, 0.05) is 31.1 Å². The summed E-state index contributed by atoms with van der Waals surface area (Å²) in [4.78, 5) is 29.4. The number of nitriles is 1. The van der Waals surface area contributed by atoms with Crippen LogP contribution in [-0.2, 0) is 9.53 Å². The third kappa shape index (κ3) is 5.18. The van der Waals surface area contributed by atoms with Gasteiger partial charge in [0.1, 0.15) is 16.5 Å². The number of thiazole rings is 1. The fourth-order valence-electron chi connectivity index (χ4n) is 3.59. The molecule has 0 atom stereocenters. The van der Waals surface area contributed by atoms with E-state index in [2.05, 4.69) is 10.2 Å². The topological polar surface area (TPSA) is 87.4 Å². The van der Waals surface area contributed by atoms with Crippen molar-refractivity contribution < 1.29 is 13.9 Å². The first-order valence-electron chi connectivity index (χ1n) is 10.7. The highest BCUT2D eigenvalue weighted by atomic mass is 32.1. The second-order valence-corrected chi connectivity index (χ2v) is 9.65. The van der Waals surface area contributed by atoms with Gasteiger partial charge in [0.15, 0.2) is 5.57 Å². The maximum absolute atomic E-state index is 14.7. The molecule has 0 aliphatic carbocycles. The SMILES string of the molecule is Cc1ccsc1C=c1sc(=C(C#N)C(=O)NCCN2CCOCC2)n(-c2ccccc2F)c1=O. The highest BCUT2D eigenvalue weighted by Gasteiger charge is 2.19. The molecule has 1 aliphatic rings. The molecule has 1 aliphatic heterocycles. The van der Waals surface area contributed by atoms with Crippen LogP contribution in [0.3, 0.4) is 0 Å². The summed E-state index contributed by atoms with van der Waals surface area (Å²) in [5, 5.41) is 14.5. The summed E-state index contributed by atoms with van der Waals surface area (Å²) in [5.74, 6) is -1.21. The lowest BCUT2D eigenvalue weighted by molar-refractivity contribution is -0.115. The lowest BCUT2D eigenvalue weighted by atomic mass is 10.2. The van der Waals surface area contributed by atoms with Crippen molar-refractivity contribution in [2.45, 2.75) is 6.92 Å². The van der Waals surface area contributed by atoms with Gasteiger partial charge in [-0.2, -0.15) is 5.26 Å². The van der Waals surface area contributed by atoms with Gasteiger partial charge < -0.3 is 10.1 Å². The van der Waals surface area contributed by atoms with Crippen LogP contribution in [0, 0.1) is 24.1 Å². The number of ether oxygens (including phenoxy) is 1. The Morgan fingerprint density at radius 2 is 2.06 bits per heavy atom. The number of benzene rings is 1. The second-order valence-electron chi connectivity index (χ2n) is 7.67. The summed E-state index contributed by atoms with van der Waals surface area (Å²) in [6, 6.07) is 9.70. The van der Waals surface area contributed by atoms with Crippen LogP contribution in [0.2, 0.25) is 0 Å². The largest absolute Gasteiger partial charge is 0.379 e. The maximum Gasteiger partial charge on any atom is 0.273 e. The summed E-state index contributed by atoms with van der Waals surface area (Å²) in [5.41, 5.74) is 0.291. The van der Waals surface area contributed by atoms with Gasteiger partial charge in [0.05, 0.1) is 23.4 Å². The highest BCUT2D eigenvalue weighted by Crippen LogP contribution is 2.16. The first-order valence-corrected chi connectivity index (χ1v) is 12.4. The van der Waals surface area contributed by atoms with Crippen LogP contribution in [0.4, 0.5) is 4.39 Å². The van der Waals surface area contributed by atoms with Gasteiger partial charge in [0.2, 0.25) is 0 Å². The summed E-state index contributed by atoms with van der Waals surface area (Å²) in [6.07, 6.45) is 1.72. The molecule has 1 N–H and O–H groups in total. The van der Waals surface area contributed by atoms with E-state index in [9.17, 15) is 19.2 Å². The van der Waals surface area contributed by atoms with E-state index in [0.717, 1.165) is 39.4 Å². The van der Waals surface area contributed by atoms with Gasteiger partial charge in [-0.1, -0.05) is 12.1 Å². The fourth-order valence-corrected chi connectivity index (χ4v) is 5.60. The zero-order valence-electron chi connectivity index (χ0n) is 18.5. The molecule has 1 saturated heterocycles. The summed E-state index contributed by atoms with van der Waals surface area (Å²) >= 11 is 2.48. The standard InChI is InChI=1S/C24H23FN4O3S2/c1-16-6-13-33-20(16)14-21-23(31)29(19-5-3-2-4-18(19)25)24(34-21)17(15-26)22(30)27-7-8-28-9-11-32-12-10-28/h2-6,13-14H,7-12H2,1H3,(H,27,30). The molecule has 0 spiro atoms. The summed E-state index contributed by atoms with van der Waals surface area (Å²) in [6.45, 7) is 5.75. The summed E-state index contributed by atoms with van der Waals surface area (Å²) < 4.78 is 21.6. The van der Waals surface area contributed by atoms with Crippen LogP contribution >= 0.6 is 22.7 Å². The molecule has 0 saturated carbocycles. The zero-order valence-corrected chi connectivity index (χ0v) is 20.2. The monoisotopic (exact) mass is 498 g/mol. The number of aryl methyl sites for hydroxylation is 1. The average Bonchev–Trinajstić information content (AvgIpc) is 3.38. The molecule has 7 nitrogen and oxygen atoms in total. The molecule has 3 heterocycles. The van der Waals surface area contributed by atoms with E-state index in [-0.39, 0.29) is 15.9 Å². The van der Waals surface area contributed by atoms with Gasteiger partial charge in [-0.05, 0) is 42.1 Å². The number of nitrogens with one attached hydrogen (secondary N) is 1. The van der Waals surface area contributed by atoms with E-state index in [0.29, 0.717) is 30.8 Å². The third-order valence-corrected chi connectivity index (χ3v) is 7.51. The Labute approximate surface area is 203 Å². The molecule has 10 heteroatoms. The average molecular weight is 499 g/mol. The smallest absolute Gasteiger partial charge is 0.273 e. The minimum absolute atomic E-state index is 0.00447. The van der Waals surface area contributed by atoms with Crippen molar-refractivity contribution in [2.24, 2.45) is 0 Å². The number of hydrogen-bond donors (Lipinski definition) is 1. The lowest BCUT2D eigenvalue weighted by Crippen LogP contribution is -2.42. The number of halogens is 1. The minimum Gasteiger partial charge on any atom is -0.379 e. The fraction of sp³-hybridized carbons (Fsp3) is 0.292. The van der Waals surface area contributed by atoms with Crippen molar-refractivity contribution in [3.8, 4) is 11.8 Å². The molecule has 0 unspecified atom stereocenters. The van der Waals surface area contributed by atoms with Crippen molar-refractivity contribution in [1.29, 1.82) is 5.26 Å². The van der Waals surface area contributed by atoms with E-state index in [1.807, 2.05) is 24.4 Å². The Hall–Kier alpha value is -3.10. The van der Waals surface area contributed by atoms with Crippen LogP contribution in [0.5, 0.6) is 0 Å². The van der Waals surface area contributed by atoms with E-state index in [4.69, 9.17) is 4.74 Å². The highest BCUT2D eigenvalue weighted by molar-refractivity contribution is 7.11. The predicted molar refractivity (Wildman–Crippen MR) is 131 cm³/mol. The molecule has 1 amide bonds. The van der Waals surface area contributed by atoms with Crippen LogP contribution < -0.4 is 20.1 Å². The summed E-state index contributed by atoms with van der Waals surface area (Å²) in [7, 11) is 0. The molecule has 2 aromatic heterocycles.